The summed E-state index contributed by atoms with van der Waals surface area (Å²) in [4.78, 5) is 11.1. The van der Waals surface area contributed by atoms with Gasteiger partial charge in [0.05, 0.1) is 12.1 Å². The lowest BCUT2D eigenvalue weighted by Gasteiger charge is -2.10. The Bertz CT molecular complexity index is 391. The van der Waals surface area contributed by atoms with Crippen LogP contribution in [0.5, 0.6) is 5.75 Å². The molecule has 0 aliphatic heterocycles. The standard InChI is InChI=1S/C12H16ClNO2/c1-4-12(15)14-7-9-6-10(13)11(16-3)5-8(9)2/h5-6H,4,7H2,1-3H3,(H,14,15). The molecule has 4 heteroatoms. The summed E-state index contributed by atoms with van der Waals surface area (Å²) < 4.78 is 5.11. The van der Waals surface area contributed by atoms with Gasteiger partial charge >= 0.3 is 0 Å². The highest BCUT2D eigenvalue weighted by Gasteiger charge is 2.06. The summed E-state index contributed by atoms with van der Waals surface area (Å²) in [7, 11) is 1.58. The average molecular weight is 242 g/mol. The molecule has 1 N–H and O–H groups in total. The molecule has 16 heavy (non-hydrogen) atoms. The molecule has 0 spiro atoms. The van der Waals surface area contributed by atoms with Gasteiger partial charge in [0, 0.05) is 13.0 Å². The Kier molecular flexibility index (Phi) is 4.62. The van der Waals surface area contributed by atoms with Gasteiger partial charge in [0.15, 0.2) is 0 Å². The van der Waals surface area contributed by atoms with Crippen LogP contribution in [0, 0.1) is 6.92 Å². The number of hydrogen-bond donors (Lipinski definition) is 1. The fourth-order valence-electron chi connectivity index (χ4n) is 1.36. The van der Waals surface area contributed by atoms with Crippen LogP contribution >= 0.6 is 11.6 Å². The molecule has 0 heterocycles. The van der Waals surface area contributed by atoms with Gasteiger partial charge in [-0.25, -0.2) is 0 Å². The lowest BCUT2D eigenvalue weighted by molar-refractivity contribution is -0.120. The molecule has 1 rings (SSSR count). The summed E-state index contributed by atoms with van der Waals surface area (Å²) in [6, 6.07) is 3.70. The van der Waals surface area contributed by atoms with E-state index in [1.165, 1.54) is 0 Å². The van der Waals surface area contributed by atoms with Crippen LogP contribution in [-0.4, -0.2) is 13.0 Å². The van der Waals surface area contributed by atoms with Gasteiger partial charge in [0.1, 0.15) is 5.75 Å². The van der Waals surface area contributed by atoms with E-state index in [9.17, 15) is 4.79 Å². The number of benzene rings is 1. The highest BCUT2D eigenvalue weighted by atomic mass is 35.5. The van der Waals surface area contributed by atoms with Gasteiger partial charge in [0.2, 0.25) is 5.91 Å². The summed E-state index contributed by atoms with van der Waals surface area (Å²) in [5.74, 6) is 0.691. The van der Waals surface area contributed by atoms with Gasteiger partial charge in [-0.15, -0.1) is 0 Å². The Morgan fingerprint density at radius 3 is 2.75 bits per heavy atom. The second-order valence-electron chi connectivity index (χ2n) is 3.54. The molecule has 1 aromatic rings. The summed E-state index contributed by atoms with van der Waals surface area (Å²) in [5.41, 5.74) is 2.06. The molecule has 1 aromatic carbocycles. The number of rotatable bonds is 4. The summed E-state index contributed by atoms with van der Waals surface area (Å²) >= 11 is 6.01. The van der Waals surface area contributed by atoms with E-state index < -0.39 is 0 Å². The van der Waals surface area contributed by atoms with Crippen LogP contribution in [0.3, 0.4) is 0 Å². The number of aryl methyl sites for hydroxylation is 1. The molecular formula is C12H16ClNO2. The van der Waals surface area contributed by atoms with Crippen molar-refractivity contribution >= 4 is 17.5 Å². The van der Waals surface area contributed by atoms with Gasteiger partial charge in [-0.1, -0.05) is 18.5 Å². The Morgan fingerprint density at radius 2 is 2.19 bits per heavy atom. The predicted octanol–water partition coefficient (Wildman–Crippen LogP) is 2.68. The summed E-state index contributed by atoms with van der Waals surface area (Å²) in [6.07, 6.45) is 0.489. The first-order valence-electron chi connectivity index (χ1n) is 5.18. The van der Waals surface area contributed by atoms with Crippen LogP contribution in [0.4, 0.5) is 0 Å². The van der Waals surface area contributed by atoms with Crippen LogP contribution in [0.1, 0.15) is 24.5 Å². The monoisotopic (exact) mass is 241 g/mol. The number of halogens is 1. The minimum Gasteiger partial charge on any atom is -0.495 e. The average Bonchev–Trinajstić information content (AvgIpc) is 2.29. The van der Waals surface area contributed by atoms with Crippen molar-refractivity contribution in [2.75, 3.05) is 7.11 Å². The Labute approximate surface area is 101 Å². The van der Waals surface area contributed by atoms with Gasteiger partial charge in [-0.05, 0) is 30.2 Å². The van der Waals surface area contributed by atoms with Crippen LogP contribution in [-0.2, 0) is 11.3 Å². The van der Waals surface area contributed by atoms with E-state index in [4.69, 9.17) is 16.3 Å². The zero-order valence-corrected chi connectivity index (χ0v) is 10.5. The first-order chi connectivity index (χ1) is 7.58. The van der Waals surface area contributed by atoms with E-state index in [2.05, 4.69) is 5.32 Å². The molecule has 0 aliphatic carbocycles. The molecule has 1 amide bonds. The number of ether oxygens (including phenoxy) is 1. The molecule has 0 unspecified atom stereocenters. The minimum absolute atomic E-state index is 0.0336. The van der Waals surface area contributed by atoms with Gasteiger partial charge in [-0.2, -0.15) is 0 Å². The van der Waals surface area contributed by atoms with E-state index >= 15 is 0 Å². The summed E-state index contributed by atoms with van der Waals surface area (Å²) in [5, 5.41) is 3.38. The van der Waals surface area contributed by atoms with Crippen LogP contribution in [0.15, 0.2) is 12.1 Å². The van der Waals surface area contributed by atoms with Gasteiger partial charge in [-0.3, -0.25) is 4.79 Å². The zero-order valence-electron chi connectivity index (χ0n) is 9.76. The molecule has 3 nitrogen and oxygen atoms in total. The number of methoxy groups -OCH3 is 1. The third-order valence-corrected chi connectivity index (χ3v) is 2.70. The van der Waals surface area contributed by atoms with Gasteiger partial charge in [0.25, 0.3) is 0 Å². The van der Waals surface area contributed by atoms with Crippen LogP contribution in [0.25, 0.3) is 0 Å². The molecular weight excluding hydrogens is 226 g/mol. The van der Waals surface area contributed by atoms with E-state index in [0.717, 1.165) is 11.1 Å². The van der Waals surface area contributed by atoms with E-state index in [-0.39, 0.29) is 5.91 Å². The zero-order chi connectivity index (χ0) is 12.1. The molecule has 0 bridgehead atoms. The van der Waals surface area contributed by atoms with Gasteiger partial charge < -0.3 is 10.1 Å². The lowest BCUT2D eigenvalue weighted by atomic mass is 10.1. The van der Waals surface area contributed by atoms with E-state index in [0.29, 0.717) is 23.7 Å². The van der Waals surface area contributed by atoms with Crippen molar-refractivity contribution in [3.8, 4) is 5.75 Å². The second-order valence-corrected chi connectivity index (χ2v) is 3.95. The second kappa shape index (κ2) is 5.75. The number of hydrogen-bond acceptors (Lipinski definition) is 2. The molecule has 0 aromatic heterocycles. The van der Waals surface area contributed by atoms with Crippen molar-refractivity contribution in [3.63, 3.8) is 0 Å². The maximum atomic E-state index is 11.1. The maximum Gasteiger partial charge on any atom is 0.219 e. The quantitative estimate of drug-likeness (QED) is 0.880. The molecule has 0 radical (unpaired) electrons. The van der Waals surface area contributed by atoms with Crippen molar-refractivity contribution in [1.29, 1.82) is 0 Å². The molecule has 0 saturated heterocycles. The molecule has 0 fully saturated rings. The van der Waals surface area contributed by atoms with Crippen molar-refractivity contribution in [2.24, 2.45) is 0 Å². The van der Waals surface area contributed by atoms with E-state index in [1.807, 2.05) is 26.0 Å². The number of carbonyl (C=O) groups is 1. The van der Waals surface area contributed by atoms with Crippen LogP contribution in [0.2, 0.25) is 5.02 Å². The first-order valence-corrected chi connectivity index (χ1v) is 5.56. The van der Waals surface area contributed by atoms with Crippen molar-refractivity contribution in [2.45, 2.75) is 26.8 Å². The Morgan fingerprint density at radius 1 is 1.50 bits per heavy atom. The van der Waals surface area contributed by atoms with Crippen molar-refractivity contribution in [3.05, 3.63) is 28.3 Å². The van der Waals surface area contributed by atoms with Crippen molar-refractivity contribution < 1.29 is 9.53 Å². The molecule has 88 valence electrons. The lowest BCUT2D eigenvalue weighted by Crippen LogP contribution is -2.21. The largest absolute Gasteiger partial charge is 0.495 e. The topological polar surface area (TPSA) is 38.3 Å². The molecule has 0 atom stereocenters. The highest BCUT2D eigenvalue weighted by Crippen LogP contribution is 2.27. The third kappa shape index (κ3) is 3.14. The maximum absolute atomic E-state index is 11.1. The van der Waals surface area contributed by atoms with Crippen LogP contribution < -0.4 is 10.1 Å². The molecule has 0 saturated carbocycles. The number of carbonyl (C=O) groups excluding carboxylic acids is 1. The minimum atomic E-state index is 0.0336. The summed E-state index contributed by atoms with van der Waals surface area (Å²) in [6.45, 7) is 4.29. The Balaban J connectivity index is 2.81. The smallest absolute Gasteiger partial charge is 0.219 e. The fraction of sp³-hybridized carbons (Fsp3) is 0.417. The Hall–Kier alpha value is -1.22. The number of amides is 1. The SMILES string of the molecule is CCC(=O)NCc1cc(Cl)c(OC)cc1C. The van der Waals surface area contributed by atoms with Crippen molar-refractivity contribution in [1.82, 2.24) is 5.32 Å². The first kappa shape index (κ1) is 12.8. The number of nitrogens with one attached hydrogen (secondary N) is 1. The fourth-order valence-corrected chi connectivity index (χ4v) is 1.63. The predicted molar refractivity (Wildman–Crippen MR) is 64.9 cm³/mol. The normalized spacial score (nSPS) is 10.0. The highest BCUT2D eigenvalue weighted by molar-refractivity contribution is 6.32. The third-order valence-electron chi connectivity index (χ3n) is 2.41. The van der Waals surface area contributed by atoms with E-state index in [1.54, 1.807) is 7.11 Å². The molecule has 0 aliphatic rings.